The number of phosphoric ester groups is 2. The Bertz CT molecular complexity index is 2440. The molecule has 5 atom stereocenters. The van der Waals surface area contributed by atoms with Gasteiger partial charge in [-0.05, 0) is 103 Å². The molecule has 0 bridgehead atoms. The van der Waals surface area contributed by atoms with Crippen LogP contribution in [0.5, 0.6) is 0 Å². The van der Waals surface area contributed by atoms with Gasteiger partial charge in [-0.15, -0.1) is 0 Å². The van der Waals surface area contributed by atoms with E-state index in [9.17, 15) is 43.2 Å². The molecule has 17 nitrogen and oxygen atoms in total. The molecule has 0 heterocycles. The summed E-state index contributed by atoms with van der Waals surface area (Å²) in [5.41, 5.74) is 0. The number of aliphatic hydroxyl groups excluding tert-OH is 1. The third-order valence-electron chi connectivity index (χ3n) is 17.0. The van der Waals surface area contributed by atoms with Crippen LogP contribution < -0.4 is 0 Å². The number of aliphatic hydroxyl groups is 1. The van der Waals surface area contributed by atoms with Gasteiger partial charge >= 0.3 is 39.5 Å². The maximum Gasteiger partial charge on any atom is 0.472 e. The van der Waals surface area contributed by atoms with Crippen LogP contribution in [0.25, 0.3) is 0 Å². The molecule has 0 aromatic carbocycles. The molecule has 0 aliphatic heterocycles. The van der Waals surface area contributed by atoms with Gasteiger partial charge in [0.25, 0.3) is 0 Å². The summed E-state index contributed by atoms with van der Waals surface area (Å²) in [4.78, 5) is 73.0. The van der Waals surface area contributed by atoms with Crippen molar-refractivity contribution in [2.24, 2.45) is 0 Å². The van der Waals surface area contributed by atoms with E-state index < -0.39 is 97.5 Å². The monoisotopic (exact) mass is 1500 g/mol. The summed E-state index contributed by atoms with van der Waals surface area (Å²) in [5, 5.41) is 10.6. The highest BCUT2D eigenvalue weighted by molar-refractivity contribution is 7.47. The molecule has 0 spiro atoms. The molecule has 3 N–H and O–H groups in total. The van der Waals surface area contributed by atoms with E-state index in [-0.39, 0.29) is 25.7 Å². The van der Waals surface area contributed by atoms with E-state index in [1.165, 1.54) is 128 Å². The van der Waals surface area contributed by atoms with E-state index in [1.807, 2.05) is 18.2 Å². The van der Waals surface area contributed by atoms with Gasteiger partial charge in [0.05, 0.1) is 26.4 Å². The molecule has 104 heavy (non-hydrogen) atoms. The van der Waals surface area contributed by atoms with Crippen LogP contribution in [0.2, 0.25) is 0 Å². The lowest BCUT2D eigenvalue weighted by molar-refractivity contribution is -0.161. The molecule has 0 radical (unpaired) electrons. The molecule has 0 saturated carbocycles. The molecule has 19 heteroatoms. The highest BCUT2D eigenvalue weighted by Gasteiger charge is 2.30. The number of unbranched alkanes of at least 4 members (excludes halogenated alkanes) is 30. The molecule has 0 aromatic rings. The summed E-state index contributed by atoms with van der Waals surface area (Å²) in [5.74, 6) is -2.30. The number of phosphoric acid groups is 2. The second-order valence-corrected chi connectivity index (χ2v) is 29.9. The fourth-order valence-corrected chi connectivity index (χ4v) is 12.4. The Morgan fingerprint density at radius 1 is 0.279 bits per heavy atom. The average Bonchev–Trinajstić information content (AvgIpc) is 0.918. The first-order valence-corrected chi connectivity index (χ1v) is 43.8. The van der Waals surface area contributed by atoms with Gasteiger partial charge in [-0.1, -0.05) is 329 Å². The van der Waals surface area contributed by atoms with E-state index in [4.69, 9.17) is 37.0 Å². The van der Waals surface area contributed by atoms with E-state index >= 15 is 0 Å². The van der Waals surface area contributed by atoms with Gasteiger partial charge < -0.3 is 33.8 Å². The number of esters is 4. The van der Waals surface area contributed by atoms with Crippen LogP contribution in [-0.4, -0.2) is 96.7 Å². The smallest absolute Gasteiger partial charge is 0.462 e. The Morgan fingerprint density at radius 2 is 0.519 bits per heavy atom. The van der Waals surface area contributed by atoms with Crippen molar-refractivity contribution in [1.82, 2.24) is 0 Å². The summed E-state index contributed by atoms with van der Waals surface area (Å²) in [7, 11) is -9.99. The Kier molecular flexibility index (Phi) is 73.3. The number of hydrogen-bond acceptors (Lipinski definition) is 15. The lowest BCUT2D eigenvalue weighted by Crippen LogP contribution is -2.30. The van der Waals surface area contributed by atoms with Crippen LogP contribution in [0, 0.1) is 0 Å². The molecule has 598 valence electrons. The third-order valence-corrected chi connectivity index (χ3v) is 18.9. The quantitative estimate of drug-likeness (QED) is 0.0169. The molecule has 0 aliphatic rings. The van der Waals surface area contributed by atoms with Crippen molar-refractivity contribution in [3.8, 4) is 0 Å². The van der Waals surface area contributed by atoms with Gasteiger partial charge in [0.2, 0.25) is 0 Å². The standard InChI is InChI=1S/C85H146O17P2/c1-5-9-13-17-21-25-29-33-37-38-39-40-44-46-50-54-58-62-66-70-83(88)96-76-81(102-85(90)72-68-64-60-56-52-48-43-36-32-28-24-20-16-12-8-4)78-100-104(93,94)98-74-79(86)73-97-103(91,92)99-77-80(101-84(89)71-67-63-59-55-51-47-42-35-31-27-23-19-15-11-7-3)75-95-82(87)69-65-61-57-53-49-45-41-34-30-26-22-18-14-10-6-2/h9-10,13-14,21-22,25-26,33-34,37,39-41,46,49-50,53,58,62,79-81,86H,5-8,11-12,15-20,23-24,27-32,35-36,38,42-45,47-48,51-52,54-57,59-61,63-78H2,1-4H3,(H,91,92)(H,93,94)/b13-9-,14-10-,25-21-,26-22-,37-33-,40-39-,41-34-,50-46-,53-49-,62-58-. The SMILES string of the molecule is CC/C=C\C/C=C\C/C=C\C/C=C\C/C=C\C/C=C\CCC(=O)OCC(COP(=O)(O)OCC(O)COP(=O)(O)OCC(COC(=O)CCCC/C=C\C/C=C\C/C=C\C/C=C\CC)OC(=O)CCCCCCCCCCCCCCCCC)OC(=O)CCCCCCCCCCCCCCCCC. The van der Waals surface area contributed by atoms with Crippen molar-refractivity contribution in [2.45, 2.75) is 354 Å². The second kappa shape index (κ2) is 76.6. The first-order valence-electron chi connectivity index (χ1n) is 40.8. The molecule has 0 rings (SSSR count). The van der Waals surface area contributed by atoms with Crippen LogP contribution in [0.4, 0.5) is 0 Å². The van der Waals surface area contributed by atoms with Crippen LogP contribution >= 0.6 is 15.6 Å². The fraction of sp³-hybridized carbons (Fsp3) is 0.718. The Labute approximate surface area is 632 Å². The normalized spacial score (nSPS) is 14.5. The number of rotatable bonds is 76. The lowest BCUT2D eigenvalue weighted by Gasteiger charge is -2.21. The van der Waals surface area contributed by atoms with Gasteiger partial charge in [-0.2, -0.15) is 0 Å². The van der Waals surface area contributed by atoms with Crippen molar-refractivity contribution < 1.29 is 80.2 Å². The molecule has 0 amide bonds. The largest absolute Gasteiger partial charge is 0.472 e. The topological polar surface area (TPSA) is 237 Å². The molecule has 0 aliphatic carbocycles. The zero-order valence-electron chi connectivity index (χ0n) is 65.4. The fourth-order valence-electron chi connectivity index (χ4n) is 10.8. The van der Waals surface area contributed by atoms with E-state index in [1.54, 1.807) is 0 Å². The minimum absolute atomic E-state index is 0.0359. The minimum atomic E-state index is -5.00. The van der Waals surface area contributed by atoms with Gasteiger partial charge in [0.1, 0.15) is 19.3 Å². The van der Waals surface area contributed by atoms with Gasteiger partial charge in [0.15, 0.2) is 12.2 Å². The minimum Gasteiger partial charge on any atom is -0.462 e. The Hall–Kier alpha value is -4.54. The number of ether oxygens (including phenoxy) is 4. The van der Waals surface area contributed by atoms with Crippen LogP contribution in [-0.2, 0) is 65.4 Å². The number of carbonyl (C=O) groups excluding carboxylic acids is 4. The molecule has 0 saturated heterocycles. The molecule has 0 fully saturated rings. The van der Waals surface area contributed by atoms with E-state index in [2.05, 4.69) is 131 Å². The number of carbonyl (C=O) groups is 4. The van der Waals surface area contributed by atoms with Crippen molar-refractivity contribution >= 4 is 39.5 Å². The van der Waals surface area contributed by atoms with Gasteiger partial charge in [-0.3, -0.25) is 37.3 Å². The Balaban J connectivity index is 5.44. The van der Waals surface area contributed by atoms with Crippen LogP contribution in [0.15, 0.2) is 122 Å². The predicted molar refractivity (Wildman–Crippen MR) is 427 cm³/mol. The maximum atomic E-state index is 13.1. The van der Waals surface area contributed by atoms with Crippen molar-refractivity contribution in [1.29, 1.82) is 0 Å². The number of allylic oxidation sites excluding steroid dienone is 20. The Morgan fingerprint density at radius 3 is 0.827 bits per heavy atom. The maximum absolute atomic E-state index is 13.1. The van der Waals surface area contributed by atoms with Crippen molar-refractivity contribution in [3.63, 3.8) is 0 Å². The molecule has 0 aromatic heterocycles. The van der Waals surface area contributed by atoms with Crippen molar-refractivity contribution in [3.05, 3.63) is 122 Å². The summed E-state index contributed by atoms with van der Waals surface area (Å²) < 4.78 is 68.6. The highest BCUT2D eigenvalue weighted by atomic mass is 31.2. The predicted octanol–water partition coefficient (Wildman–Crippen LogP) is 23.9. The van der Waals surface area contributed by atoms with Gasteiger partial charge in [-0.25, -0.2) is 9.13 Å². The summed E-state index contributed by atoms with van der Waals surface area (Å²) >= 11 is 0. The highest BCUT2D eigenvalue weighted by Crippen LogP contribution is 2.45. The summed E-state index contributed by atoms with van der Waals surface area (Å²) in [6.07, 6.45) is 84.8. The van der Waals surface area contributed by atoms with E-state index in [0.29, 0.717) is 32.1 Å². The van der Waals surface area contributed by atoms with Gasteiger partial charge in [0, 0.05) is 25.7 Å². The zero-order valence-corrected chi connectivity index (χ0v) is 67.2. The zero-order chi connectivity index (χ0) is 76.0. The average molecular weight is 1500 g/mol. The van der Waals surface area contributed by atoms with Crippen LogP contribution in [0.1, 0.15) is 336 Å². The summed E-state index contributed by atoms with van der Waals surface area (Å²) in [6, 6.07) is 0. The molecule has 5 unspecified atom stereocenters. The summed E-state index contributed by atoms with van der Waals surface area (Å²) in [6.45, 7) is 4.56. The lowest BCUT2D eigenvalue weighted by atomic mass is 10.0. The van der Waals surface area contributed by atoms with E-state index in [0.717, 1.165) is 122 Å². The first-order chi connectivity index (χ1) is 50.7. The number of hydrogen-bond donors (Lipinski definition) is 3. The third kappa shape index (κ3) is 75.7. The molecular formula is C85H146O17P2. The van der Waals surface area contributed by atoms with Crippen molar-refractivity contribution in [2.75, 3.05) is 39.6 Å². The van der Waals surface area contributed by atoms with Crippen LogP contribution in [0.3, 0.4) is 0 Å². The first kappa shape index (κ1) is 99.5. The second-order valence-electron chi connectivity index (χ2n) is 27.0. The molecular weight excluding hydrogens is 1350 g/mol.